The first-order chi connectivity index (χ1) is 6.95. The van der Waals surface area contributed by atoms with Crippen LogP contribution >= 0.6 is 0 Å². The Bertz CT molecular complexity index is 261. The molecule has 0 amide bonds. The van der Waals surface area contributed by atoms with E-state index in [9.17, 15) is 4.79 Å². The third kappa shape index (κ3) is 5.37. The van der Waals surface area contributed by atoms with E-state index in [4.69, 9.17) is 4.74 Å². The molecule has 0 N–H and O–H groups in total. The van der Waals surface area contributed by atoms with Gasteiger partial charge in [0.15, 0.2) is 0 Å². The Morgan fingerprint density at radius 2 is 1.93 bits per heavy atom. The first-order valence-electron chi connectivity index (χ1n) is 5.05. The standard InChI is InChI=1S/C12H20O2Si/c1-6-15(5,7-2)10-8-9-14-12(13)11(3)4/h6-7H,1-3,8-10H2,4-5H3. The second-order valence-corrected chi connectivity index (χ2v) is 8.26. The van der Waals surface area contributed by atoms with Crippen LogP contribution in [0.25, 0.3) is 0 Å². The number of ether oxygens (including phenoxy) is 1. The van der Waals surface area contributed by atoms with Crippen molar-refractivity contribution in [2.24, 2.45) is 0 Å². The van der Waals surface area contributed by atoms with Crippen LogP contribution in [0.1, 0.15) is 13.3 Å². The average molecular weight is 224 g/mol. The molecule has 0 heterocycles. The van der Waals surface area contributed by atoms with E-state index in [1.807, 2.05) is 11.4 Å². The van der Waals surface area contributed by atoms with Crippen molar-refractivity contribution in [2.75, 3.05) is 6.61 Å². The molecule has 0 aliphatic heterocycles. The minimum absolute atomic E-state index is 0.310. The maximum Gasteiger partial charge on any atom is 0.333 e. The third-order valence-electron chi connectivity index (χ3n) is 2.37. The van der Waals surface area contributed by atoms with Gasteiger partial charge < -0.3 is 4.74 Å². The van der Waals surface area contributed by atoms with Gasteiger partial charge in [-0.3, -0.25) is 0 Å². The molecule has 0 aliphatic carbocycles. The fourth-order valence-corrected chi connectivity index (χ4v) is 2.51. The van der Waals surface area contributed by atoms with Crippen molar-refractivity contribution in [3.8, 4) is 0 Å². The first kappa shape index (κ1) is 13.9. The highest BCUT2D eigenvalue weighted by Gasteiger charge is 2.17. The quantitative estimate of drug-likeness (QED) is 0.287. The molecule has 0 saturated heterocycles. The average Bonchev–Trinajstić information content (AvgIpc) is 2.23. The molecule has 0 spiro atoms. The summed E-state index contributed by atoms with van der Waals surface area (Å²) in [5, 5.41) is 0. The summed E-state index contributed by atoms with van der Waals surface area (Å²) in [5.41, 5.74) is 4.45. The minimum atomic E-state index is -1.48. The highest BCUT2D eigenvalue weighted by atomic mass is 28.3. The van der Waals surface area contributed by atoms with Gasteiger partial charge in [-0.15, -0.1) is 13.2 Å². The normalized spacial score (nSPS) is 10.5. The Hall–Kier alpha value is -1.09. The fraction of sp³-hybridized carbons (Fsp3) is 0.417. The Kier molecular flexibility index (Phi) is 5.94. The lowest BCUT2D eigenvalue weighted by Gasteiger charge is -2.17. The number of hydrogen-bond acceptors (Lipinski definition) is 2. The van der Waals surface area contributed by atoms with Crippen LogP contribution in [0.4, 0.5) is 0 Å². The Morgan fingerprint density at radius 1 is 1.40 bits per heavy atom. The molecule has 3 heteroatoms. The summed E-state index contributed by atoms with van der Waals surface area (Å²) in [6.07, 6.45) is 0.861. The minimum Gasteiger partial charge on any atom is -0.462 e. The summed E-state index contributed by atoms with van der Waals surface area (Å²) in [5.74, 6) is -0.310. The second-order valence-electron chi connectivity index (χ2n) is 3.93. The lowest BCUT2D eigenvalue weighted by molar-refractivity contribution is -0.138. The molecule has 0 bridgehead atoms. The van der Waals surface area contributed by atoms with Gasteiger partial charge in [-0.2, -0.15) is 0 Å². The molecule has 0 saturated carbocycles. The summed E-state index contributed by atoms with van der Waals surface area (Å²) in [6.45, 7) is 15.4. The molecular formula is C12H20O2Si. The van der Waals surface area contributed by atoms with Crippen LogP contribution in [0.15, 0.2) is 36.7 Å². The van der Waals surface area contributed by atoms with Crippen molar-refractivity contribution in [1.82, 2.24) is 0 Å². The zero-order chi connectivity index (χ0) is 11.9. The van der Waals surface area contributed by atoms with Crippen molar-refractivity contribution in [1.29, 1.82) is 0 Å². The molecule has 0 aliphatic rings. The van der Waals surface area contributed by atoms with Gasteiger partial charge in [-0.05, 0) is 19.4 Å². The van der Waals surface area contributed by atoms with Crippen molar-refractivity contribution in [3.05, 3.63) is 36.7 Å². The molecule has 0 fully saturated rings. The molecular weight excluding hydrogens is 204 g/mol. The van der Waals surface area contributed by atoms with Gasteiger partial charge in [0.2, 0.25) is 0 Å². The SMILES string of the molecule is C=C[Si](C)(C=C)CCCOC(=O)C(=C)C. The van der Waals surface area contributed by atoms with Gasteiger partial charge >= 0.3 is 5.97 Å². The van der Waals surface area contributed by atoms with Gasteiger partial charge in [-0.1, -0.05) is 24.5 Å². The lowest BCUT2D eigenvalue weighted by atomic mass is 10.4. The van der Waals surface area contributed by atoms with Crippen molar-refractivity contribution < 1.29 is 9.53 Å². The molecule has 0 unspecified atom stereocenters. The Balaban J connectivity index is 3.80. The first-order valence-corrected chi connectivity index (χ1v) is 7.91. The highest BCUT2D eigenvalue weighted by molar-refractivity contribution is 6.87. The molecule has 84 valence electrons. The molecule has 0 atom stereocenters. The Labute approximate surface area is 93.3 Å². The van der Waals surface area contributed by atoms with Crippen LogP contribution in [0.2, 0.25) is 12.6 Å². The number of hydrogen-bond donors (Lipinski definition) is 0. The van der Waals surface area contributed by atoms with E-state index in [1.165, 1.54) is 0 Å². The van der Waals surface area contributed by atoms with Gasteiger partial charge in [0.25, 0.3) is 0 Å². The van der Waals surface area contributed by atoms with Crippen molar-refractivity contribution >= 4 is 14.0 Å². The van der Waals surface area contributed by atoms with E-state index in [2.05, 4.69) is 26.3 Å². The fourth-order valence-electron chi connectivity index (χ4n) is 1.03. The van der Waals surface area contributed by atoms with Crippen molar-refractivity contribution in [3.63, 3.8) is 0 Å². The van der Waals surface area contributed by atoms with Gasteiger partial charge in [0.05, 0.1) is 14.7 Å². The summed E-state index contributed by atoms with van der Waals surface area (Å²) in [6, 6.07) is 1.02. The van der Waals surface area contributed by atoms with E-state index in [-0.39, 0.29) is 5.97 Å². The number of rotatable bonds is 7. The molecule has 0 aromatic carbocycles. The van der Waals surface area contributed by atoms with E-state index in [0.717, 1.165) is 12.5 Å². The van der Waals surface area contributed by atoms with Crippen molar-refractivity contribution in [2.45, 2.75) is 25.9 Å². The number of carbonyl (C=O) groups is 1. The van der Waals surface area contributed by atoms with Crippen LogP contribution in [-0.4, -0.2) is 20.7 Å². The summed E-state index contributed by atoms with van der Waals surface area (Å²) in [7, 11) is -1.48. The predicted octanol–water partition coefficient (Wildman–Crippen LogP) is 3.02. The summed E-state index contributed by atoms with van der Waals surface area (Å²) >= 11 is 0. The highest BCUT2D eigenvalue weighted by Crippen LogP contribution is 2.14. The zero-order valence-corrected chi connectivity index (χ0v) is 10.7. The Morgan fingerprint density at radius 3 is 2.33 bits per heavy atom. The van der Waals surface area contributed by atoms with Gasteiger partial charge in [-0.25, -0.2) is 4.79 Å². The maximum absolute atomic E-state index is 11.1. The van der Waals surface area contributed by atoms with E-state index in [0.29, 0.717) is 12.2 Å². The largest absolute Gasteiger partial charge is 0.462 e. The van der Waals surface area contributed by atoms with E-state index >= 15 is 0 Å². The molecule has 0 rings (SSSR count). The maximum atomic E-state index is 11.1. The van der Waals surface area contributed by atoms with Gasteiger partial charge in [0.1, 0.15) is 0 Å². The van der Waals surface area contributed by atoms with Crippen LogP contribution in [0.5, 0.6) is 0 Å². The molecule has 0 radical (unpaired) electrons. The van der Waals surface area contributed by atoms with E-state index in [1.54, 1.807) is 6.92 Å². The number of carbonyl (C=O) groups excluding carboxylic acids is 1. The predicted molar refractivity (Wildman–Crippen MR) is 67.2 cm³/mol. The molecule has 0 aromatic rings. The lowest BCUT2D eigenvalue weighted by Crippen LogP contribution is -2.24. The van der Waals surface area contributed by atoms with Crippen LogP contribution in [-0.2, 0) is 9.53 Å². The third-order valence-corrected chi connectivity index (χ3v) is 5.67. The molecule has 2 nitrogen and oxygen atoms in total. The van der Waals surface area contributed by atoms with Crippen LogP contribution < -0.4 is 0 Å². The summed E-state index contributed by atoms with van der Waals surface area (Å²) in [4.78, 5) is 11.1. The van der Waals surface area contributed by atoms with E-state index < -0.39 is 8.07 Å². The smallest absolute Gasteiger partial charge is 0.333 e. The molecule has 0 aromatic heterocycles. The second kappa shape index (κ2) is 6.40. The zero-order valence-electron chi connectivity index (χ0n) is 9.71. The topological polar surface area (TPSA) is 26.3 Å². The van der Waals surface area contributed by atoms with Gasteiger partial charge in [0, 0.05) is 5.57 Å². The summed E-state index contributed by atoms with van der Waals surface area (Å²) < 4.78 is 5.00. The van der Waals surface area contributed by atoms with Crippen LogP contribution in [0, 0.1) is 0 Å². The van der Waals surface area contributed by atoms with Crippen LogP contribution in [0.3, 0.4) is 0 Å². The molecule has 15 heavy (non-hydrogen) atoms. The monoisotopic (exact) mass is 224 g/mol. The number of esters is 1.